The Balaban J connectivity index is 0.000000622. The van der Waals surface area contributed by atoms with Crippen molar-refractivity contribution in [3.63, 3.8) is 0 Å². The highest BCUT2D eigenvalue weighted by Crippen LogP contribution is 2.41. The number of nitrogens with two attached hydrogens (primary N) is 3. The molecule has 0 bridgehead atoms. The minimum absolute atomic E-state index is 0.0634. The second kappa shape index (κ2) is 24.8. The lowest BCUT2D eigenvalue weighted by molar-refractivity contribution is -0.128. The standard InChI is InChI=1S/C25H40N8O.C11H10ClN.C3H8.CH4S/c1-4-6-22(11-21(27)8-7-20(26)5-2)32-15-25(16-32)17-33(18-25)23(30-28)12-29-13-24(34)31-10-9-19(3)14-31;1-3-9-5-6-10(8-13-4-2)11(12)7-9;1-3-2;1-2/h4,6-7,11-12,19H,1,5,8-10,13-18,26-28H2,2-3H3;1,4-7,13H,2,8H2;3H2,1-2H3;2H,1H3/b20-7-,21-11+,22-6+,29-12?,30-23+;;;. The molecule has 1 aromatic carbocycles. The van der Waals surface area contributed by atoms with Gasteiger partial charge in [-0.2, -0.15) is 17.7 Å². The maximum absolute atomic E-state index is 12.3. The number of hydrazone groups is 1. The molecule has 286 valence electrons. The molecular formula is C40H62ClN9OS. The lowest BCUT2D eigenvalue weighted by atomic mass is 9.72. The van der Waals surface area contributed by atoms with E-state index < -0.39 is 0 Å². The van der Waals surface area contributed by atoms with E-state index in [9.17, 15) is 4.79 Å². The van der Waals surface area contributed by atoms with Crippen LogP contribution in [0, 0.1) is 23.7 Å². The first-order valence-corrected chi connectivity index (χ1v) is 19.1. The van der Waals surface area contributed by atoms with Gasteiger partial charge in [-0.3, -0.25) is 9.79 Å². The summed E-state index contributed by atoms with van der Waals surface area (Å²) in [6.45, 7) is 21.9. The number of nitrogens with zero attached hydrogens (tertiary/aromatic N) is 5. The lowest BCUT2D eigenvalue weighted by Gasteiger charge is -2.61. The number of allylic oxidation sites excluding steroid dienone is 5. The molecule has 3 saturated heterocycles. The molecule has 0 radical (unpaired) electrons. The van der Waals surface area contributed by atoms with Crippen LogP contribution in [0.4, 0.5) is 0 Å². The summed E-state index contributed by atoms with van der Waals surface area (Å²) in [5.41, 5.74) is 16.8. The van der Waals surface area contributed by atoms with E-state index >= 15 is 0 Å². The van der Waals surface area contributed by atoms with E-state index in [4.69, 9.17) is 35.3 Å². The highest BCUT2D eigenvalue weighted by atomic mass is 35.5. The summed E-state index contributed by atoms with van der Waals surface area (Å²) < 4.78 is 0. The molecule has 3 fully saturated rings. The number of amidine groups is 1. The number of thiol groups is 1. The van der Waals surface area contributed by atoms with Crippen LogP contribution >= 0.6 is 24.2 Å². The first-order chi connectivity index (χ1) is 25.0. The summed E-state index contributed by atoms with van der Waals surface area (Å²) in [5.74, 6) is 9.39. The van der Waals surface area contributed by atoms with Crippen LogP contribution in [0.2, 0.25) is 5.02 Å². The highest BCUT2D eigenvalue weighted by Gasteiger charge is 2.52. The summed E-state index contributed by atoms with van der Waals surface area (Å²) in [5, 5.41) is 7.55. The first kappa shape index (κ1) is 45.8. The van der Waals surface area contributed by atoms with Gasteiger partial charge in [-0.05, 0) is 61.1 Å². The molecule has 52 heavy (non-hydrogen) atoms. The first-order valence-electron chi connectivity index (χ1n) is 17.8. The molecule has 0 aromatic heterocycles. The Bertz CT molecular complexity index is 1480. The minimum Gasteiger partial charge on any atom is -0.402 e. The largest absolute Gasteiger partial charge is 0.402 e. The monoisotopic (exact) mass is 751 g/mol. The topological polar surface area (TPSA) is 142 Å². The van der Waals surface area contributed by atoms with Crippen LogP contribution in [0.25, 0.3) is 0 Å². The van der Waals surface area contributed by atoms with Gasteiger partial charge in [0, 0.05) is 85.3 Å². The zero-order chi connectivity index (χ0) is 39.1. The van der Waals surface area contributed by atoms with Crippen LogP contribution in [0.15, 0.2) is 89.0 Å². The van der Waals surface area contributed by atoms with Crippen molar-refractivity contribution in [2.75, 3.05) is 52.1 Å². The van der Waals surface area contributed by atoms with Gasteiger partial charge in [0.05, 0.1) is 6.21 Å². The van der Waals surface area contributed by atoms with Gasteiger partial charge >= 0.3 is 0 Å². The van der Waals surface area contributed by atoms with E-state index in [0.717, 1.165) is 80.3 Å². The summed E-state index contributed by atoms with van der Waals surface area (Å²) in [7, 11) is 0. The number of rotatable bonds is 12. The maximum Gasteiger partial charge on any atom is 0.244 e. The molecular weight excluding hydrogens is 690 g/mol. The molecule has 0 aliphatic carbocycles. The van der Waals surface area contributed by atoms with Crippen molar-refractivity contribution in [3.05, 3.63) is 95.1 Å². The fourth-order valence-electron chi connectivity index (χ4n) is 5.71. The van der Waals surface area contributed by atoms with E-state index in [1.54, 1.807) is 30.8 Å². The van der Waals surface area contributed by atoms with Gasteiger partial charge in [0.15, 0.2) is 5.84 Å². The van der Waals surface area contributed by atoms with E-state index in [1.807, 2.05) is 42.2 Å². The van der Waals surface area contributed by atoms with Gasteiger partial charge in [0.2, 0.25) is 5.91 Å². The predicted octanol–water partition coefficient (Wildman–Crippen LogP) is 5.89. The van der Waals surface area contributed by atoms with Gasteiger partial charge in [0.25, 0.3) is 0 Å². The SMILES string of the molecule is C#Cc1ccc(CNC=C)c(Cl)c1.C=C/C=C(\C=C(\N)C/C=C(\N)CC)N1CC2(C1)CN(/C(C=NCC(=O)N1CCC(C)C1)=N/N)C2.CCC.CS. The predicted molar refractivity (Wildman–Crippen MR) is 226 cm³/mol. The molecule has 1 atom stereocenters. The summed E-state index contributed by atoms with van der Waals surface area (Å²) in [6, 6.07) is 5.56. The summed E-state index contributed by atoms with van der Waals surface area (Å²) in [6.07, 6.45) is 21.7. The number of likely N-dealkylation sites (tertiary alicyclic amines) is 3. The lowest BCUT2D eigenvalue weighted by Crippen LogP contribution is -2.72. The Hall–Kier alpha value is -4.27. The van der Waals surface area contributed by atoms with Crippen LogP contribution < -0.4 is 22.6 Å². The zero-order valence-corrected chi connectivity index (χ0v) is 33.6. The third-order valence-electron chi connectivity index (χ3n) is 8.42. The van der Waals surface area contributed by atoms with Crippen molar-refractivity contribution in [2.45, 2.75) is 59.9 Å². The van der Waals surface area contributed by atoms with Crippen molar-refractivity contribution in [1.29, 1.82) is 0 Å². The van der Waals surface area contributed by atoms with Crippen molar-refractivity contribution in [2.24, 2.45) is 38.7 Å². The molecule has 12 heteroatoms. The number of benzene rings is 1. The number of carbonyl (C=O) groups is 1. The van der Waals surface area contributed by atoms with Crippen LogP contribution in [0.1, 0.15) is 64.5 Å². The Kier molecular flexibility index (Phi) is 21.8. The number of nitrogens with one attached hydrogen (secondary N) is 1. The number of halogens is 1. The third-order valence-corrected chi connectivity index (χ3v) is 8.77. The normalized spacial score (nSPS) is 18.0. The highest BCUT2D eigenvalue weighted by molar-refractivity contribution is 7.79. The van der Waals surface area contributed by atoms with Crippen molar-refractivity contribution < 1.29 is 4.79 Å². The Morgan fingerprint density at radius 3 is 2.31 bits per heavy atom. The number of hydrogen-bond donors (Lipinski definition) is 5. The van der Waals surface area contributed by atoms with E-state index in [-0.39, 0.29) is 17.9 Å². The fraction of sp³-hybridized carbons (Fsp3) is 0.475. The number of hydrogen-bond acceptors (Lipinski definition) is 9. The molecule has 1 unspecified atom stereocenters. The number of amides is 1. The van der Waals surface area contributed by atoms with Gasteiger partial charge in [-0.15, -0.1) is 6.42 Å². The number of carbonyl (C=O) groups excluding carboxylic acids is 1. The number of aliphatic imine (C=N–C) groups is 1. The average Bonchev–Trinajstić information content (AvgIpc) is 3.55. The third kappa shape index (κ3) is 15.1. The molecule has 1 spiro atoms. The molecule has 3 heterocycles. The van der Waals surface area contributed by atoms with Gasteiger partial charge in [0.1, 0.15) is 6.54 Å². The molecule has 4 rings (SSSR count). The van der Waals surface area contributed by atoms with E-state index in [1.165, 1.54) is 6.42 Å². The second-order valence-corrected chi connectivity index (χ2v) is 13.4. The van der Waals surface area contributed by atoms with Crippen molar-refractivity contribution in [3.8, 4) is 12.3 Å². The van der Waals surface area contributed by atoms with Gasteiger partial charge in [-0.25, -0.2) is 0 Å². The molecule has 1 amide bonds. The van der Waals surface area contributed by atoms with Crippen LogP contribution in [0.3, 0.4) is 0 Å². The number of terminal acetylenes is 1. The van der Waals surface area contributed by atoms with Crippen LogP contribution in [0.5, 0.6) is 0 Å². The molecule has 0 saturated carbocycles. The smallest absolute Gasteiger partial charge is 0.244 e. The average molecular weight is 753 g/mol. The maximum atomic E-state index is 12.3. The van der Waals surface area contributed by atoms with Gasteiger partial charge in [-0.1, -0.05) is 83.0 Å². The minimum atomic E-state index is 0.0634. The molecule has 7 N–H and O–H groups in total. The Morgan fingerprint density at radius 1 is 1.13 bits per heavy atom. The summed E-state index contributed by atoms with van der Waals surface area (Å²) in [4.78, 5) is 22.9. The molecule has 10 nitrogen and oxygen atoms in total. The fourth-order valence-corrected chi connectivity index (χ4v) is 5.95. The van der Waals surface area contributed by atoms with Crippen LogP contribution in [-0.2, 0) is 11.3 Å². The quantitative estimate of drug-likeness (QED) is 0.0342. The molecule has 1 aromatic rings. The Morgan fingerprint density at radius 2 is 1.79 bits per heavy atom. The van der Waals surface area contributed by atoms with Crippen LogP contribution in [-0.4, -0.2) is 84.7 Å². The Labute approximate surface area is 324 Å². The van der Waals surface area contributed by atoms with Crippen molar-refractivity contribution in [1.82, 2.24) is 20.0 Å². The van der Waals surface area contributed by atoms with E-state index in [2.05, 4.69) is 77.7 Å². The summed E-state index contributed by atoms with van der Waals surface area (Å²) >= 11 is 9.50. The molecule has 3 aliphatic rings. The van der Waals surface area contributed by atoms with Crippen molar-refractivity contribution >= 4 is 42.2 Å². The van der Waals surface area contributed by atoms with Gasteiger partial charge < -0.3 is 37.3 Å². The molecule has 3 aliphatic heterocycles. The second-order valence-electron chi connectivity index (χ2n) is 13.0. The van der Waals surface area contributed by atoms with E-state index in [0.29, 0.717) is 29.7 Å². The zero-order valence-electron chi connectivity index (χ0n) is 32.0.